The molecule has 1 fully saturated rings. The Morgan fingerprint density at radius 3 is 2.66 bits per heavy atom. The van der Waals surface area contributed by atoms with Gasteiger partial charge in [0.25, 0.3) is 0 Å². The molecule has 0 spiro atoms. The summed E-state index contributed by atoms with van der Waals surface area (Å²) in [6.45, 7) is 1.01. The summed E-state index contributed by atoms with van der Waals surface area (Å²) in [5, 5.41) is 15.1. The molecular formula is C27H25FN4O4S2. The number of rotatable bonds is 8. The van der Waals surface area contributed by atoms with Crippen molar-refractivity contribution in [1.82, 2.24) is 14.9 Å². The first-order valence-electron chi connectivity index (χ1n) is 11.9. The van der Waals surface area contributed by atoms with Crippen molar-refractivity contribution in [2.75, 3.05) is 25.5 Å². The Morgan fingerprint density at radius 2 is 1.92 bits per heavy atom. The van der Waals surface area contributed by atoms with E-state index in [4.69, 9.17) is 14.5 Å². The smallest absolute Gasteiger partial charge is 0.407 e. The monoisotopic (exact) mass is 552 g/mol. The van der Waals surface area contributed by atoms with E-state index in [0.717, 1.165) is 34.1 Å². The van der Waals surface area contributed by atoms with Gasteiger partial charge in [-0.2, -0.15) is 0 Å². The highest BCUT2D eigenvalue weighted by molar-refractivity contribution is 7.99. The van der Waals surface area contributed by atoms with Crippen LogP contribution in [0.1, 0.15) is 24.5 Å². The van der Waals surface area contributed by atoms with Gasteiger partial charge in [-0.1, -0.05) is 17.8 Å². The zero-order chi connectivity index (χ0) is 26.5. The molecule has 3 heterocycles. The van der Waals surface area contributed by atoms with Crippen LogP contribution in [0.4, 0.5) is 20.1 Å². The lowest BCUT2D eigenvalue weighted by atomic mass is 9.94. The highest BCUT2D eigenvalue weighted by Gasteiger charge is 2.25. The third kappa shape index (κ3) is 6.35. The Hall–Kier alpha value is -3.83. The van der Waals surface area contributed by atoms with Crippen molar-refractivity contribution in [2.45, 2.75) is 28.6 Å². The Kier molecular flexibility index (Phi) is 7.94. The van der Waals surface area contributed by atoms with Gasteiger partial charge < -0.3 is 24.8 Å². The van der Waals surface area contributed by atoms with E-state index < -0.39 is 6.09 Å². The average molecular weight is 553 g/mol. The average Bonchev–Trinajstić information content (AvgIpc) is 3.40. The van der Waals surface area contributed by atoms with Gasteiger partial charge in [-0.25, -0.2) is 19.2 Å². The van der Waals surface area contributed by atoms with Crippen LogP contribution >= 0.6 is 23.1 Å². The minimum absolute atomic E-state index is 0.210. The van der Waals surface area contributed by atoms with Gasteiger partial charge in [0.2, 0.25) is 0 Å². The molecule has 2 aromatic carbocycles. The molecule has 2 aromatic heterocycles. The fraction of sp³-hybridized carbons (Fsp3) is 0.222. The highest BCUT2D eigenvalue weighted by Crippen LogP contribution is 2.38. The van der Waals surface area contributed by atoms with Gasteiger partial charge in [-0.05, 0) is 55.3 Å². The number of aromatic nitrogens is 2. The summed E-state index contributed by atoms with van der Waals surface area (Å²) in [7, 11) is 1.63. The second-order valence-corrected chi connectivity index (χ2v) is 10.6. The lowest BCUT2D eigenvalue weighted by Crippen LogP contribution is -2.36. The maximum Gasteiger partial charge on any atom is 0.407 e. The lowest BCUT2D eigenvalue weighted by molar-refractivity contribution is 0.132. The van der Waals surface area contributed by atoms with Gasteiger partial charge in [0.1, 0.15) is 17.3 Å². The second kappa shape index (κ2) is 11.7. The molecule has 1 amide bonds. The van der Waals surface area contributed by atoms with E-state index in [0.29, 0.717) is 35.5 Å². The third-order valence-corrected chi connectivity index (χ3v) is 7.80. The number of nitrogens with zero attached hydrogens (tertiary/aromatic N) is 3. The van der Waals surface area contributed by atoms with Crippen LogP contribution in [0.3, 0.4) is 0 Å². The molecule has 1 aliphatic heterocycles. The number of thiazole rings is 1. The van der Waals surface area contributed by atoms with Crippen molar-refractivity contribution < 1.29 is 23.8 Å². The Morgan fingerprint density at radius 1 is 1.13 bits per heavy atom. The summed E-state index contributed by atoms with van der Waals surface area (Å²) >= 11 is 2.97. The number of hydrogen-bond acceptors (Lipinski definition) is 8. The van der Waals surface area contributed by atoms with Crippen LogP contribution in [0.25, 0.3) is 0 Å². The maximum atomic E-state index is 13.4. The van der Waals surface area contributed by atoms with Gasteiger partial charge in [-0.3, -0.25) is 0 Å². The van der Waals surface area contributed by atoms with E-state index in [1.807, 2.05) is 35.7 Å². The SMILES string of the molecule is COc1cccc(Sc2cnc(Nc3nc(C4CCN(C(=O)O)CC4)cs3)c(Oc3ccc(F)cc3)c2)c1. The van der Waals surface area contributed by atoms with Crippen molar-refractivity contribution in [2.24, 2.45) is 0 Å². The highest BCUT2D eigenvalue weighted by atomic mass is 32.2. The van der Waals surface area contributed by atoms with Crippen LogP contribution in [0.2, 0.25) is 0 Å². The van der Waals surface area contributed by atoms with E-state index >= 15 is 0 Å². The summed E-state index contributed by atoms with van der Waals surface area (Å²) in [6, 6.07) is 15.4. The van der Waals surface area contributed by atoms with Crippen molar-refractivity contribution in [3.63, 3.8) is 0 Å². The molecule has 0 aliphatic carbocycles. The second-order valence-electron chi connectivity index (χ2n) is 8.60. The van der Waals surface area contributed by atoms with Crippen LogP contribution in [-0.2, 0) is 0 Å². The van der Waals surface area contributed by atoms with E-state index in [9.17, 15) is 14.3 Å². The van der Waals surface area contributed by atoms with E-state index in [1.165, 1.54) is 40.1 Å². The fourth-order valence-electron chi connectivity index (χ4n) is 4.08. The molecular weight excluding hydrogens is 527 g/mol. The number of halogens is 1. The van der Waals surface area contributed by atoms with Crippen LogP contribution in [-0.4, -0.2) is 46.3 Å². The number of methoxy groups -OCH3 is 1. The van der Waals surface area contributed by atoms with E-state index in [1.54, 1.807) is 25.4 Å². The molecule has 1 aliphatic rings. The number of benzene rings is 2. The van der Waals surface area contributed by atoms with Crippen LogP contribution in [0, 0.1) is 5.82 Å². The molecule has 196 valence electrons. The number of ether oxygens (including phenoxy) is 2. The Labute approximate surface area is 227 Å². The quantitative estimate of drug-likeness (QED) is 0.236. The third-order valence-electron chi connectivity index (χ3n) is 6.08. The van der Waals surface area contributed by atoms with E-state index in [-0.39, 0.29) is 11.7 Å². The number of pyridine rings is 1. The van der Waals surface area contributed by atoms with Gasteiger partial charge >= 0.3 is 6.09 Å². The number of anilines is 2. The largest absolute Gasteiger partial charge is 0.497 e. The van der Waals surface area contributed by atoms with E-state index in [2.05, 4.69) is 10.3 Å². The summed E-state index contributed by atoms with van der Waals surface area (Å²) in [4.78, 5) is 23.8. The molecule has 11 heteroatoms. The topological polar surface area (TPSA) is 96.8 Å². The zero-order valence-electron chi connectivity index (χ0n) is 20.5. The van der Waals surface area contributed by atoms with Gasteiger partial charge in [0.15, 0.2) is 16.7 Å². The predicted molar refractivity (Wildman–Crippen MR) is 145 cm³/mol. The normalized spacial score (nSPS) is 13.8. The van der Waals surface area contributed by atoms with Crippen LogP contribution in [0.15, 0.2) is 76.0 Å². The van der Waals surface area contributed by atoms with Crippen molar-refractivity contribution in [3.8, 4) is 17.2 Å². The minimum atomic E-state index is -0.878. The van der Waals surface area contributed by atoms with Gasteiger partial charge in [-0.15, -0.1) is 11.3 Å². The number of amides is 1. The molecule has 0 atom stereocenters. The minimum Gasteiger partial charge on any atom is -0.497 e. The number of piperidine rings is 1. The van der Waals surface area contributed by atoms with Crippen molar-refractivity contribution >= 4 is 40.1 Å². The number of carbonyl (C=O) groups is 1. The first-order chi connectivity index (χ1) is 18.5. The Bertz CT molecular complexity index is 1410. The van der Waals surface area contributed by atoms with Crippen LogP contribution < -0.4 is 14.8 Å². The van der Waals surface area contributed by atoms with Crippen molar-refractivity contribution in [1.29, 1.82) is 0 Å². The summed E-state index contributed by atoms with van der Waals surface area (Å²) in [5.74, 6) is 2.05. The molecule has 0 bridgehead atoms. The number of hydrogen-bond donors (Lipinski definition) is 2. The molecule has 0 radical (unpaired) electrons. The zero-order valence-corrected chi connectivity index (χ0v) is 22.1. The fourth-order valence-corrected chi connectivity index (χ4v) is 5.74. The predicted octanol–water partition coefficient (Wildman–Crippen LogP) is 7.23. The Balaban J connectivity index is 1.36. The molecule has 2 N–H and O–H groups in total. The number of nitrogens with one attached hydrogen (secondary N) is 1. The molecule has 0 unspecified atom stereocenters. The van der Waals surface area contributed by atoms with Crippen molar-refractivity contribution in [3.05, 3.63) is 77.7 Å². The first kappa shape index (κ1) is 25.8. The molecule has 5 rings (SSSR count). The molecule has 4 aromatic rings. The summed E-state index contributed by atoms with van der Waals surface area (Å²) in [5.41, 5.74) is 0.939. The molecule has 38 heavy (non-hydrogen) atoms. The van der Waals surface area contributed by atoms with Gasteiger partial charge in [0, 0.05) is 46.4 Å². The number of carboxylic acid groups (broad SMARTS) is 1. The first-order valence-corrected chi connectivity index (χ1v) is 13.6. The summed E-state index contributed by atoms with van der Waals surface area (Å²) < 4.78 is 24.9. The van der Waals surface area contributed by atoms with Crippen LogP contribution in [0.5, 0.6) is 17.2 Å². The molecule has 8 nitrogen and oxygen atoms in total. The molecule has 0 saturated carbocycles. The molecule has 1 saturated heterocycles. The number of likely N-dealkylation sites (tertiary alicyclic amines) is 1. The lowest BCUT2D eigenvalue weighted by Gasteiger charge is -2.28. The standard InChI is InChI=1S/C27H25FN4O4S2/c1-35-20-3-2-4-21(13-20)38-22-14-24(36-19-7-5-18(28)6-8-19)25(29-15-22)31-26-30-23(16-37-26)17-9-11-32(12-10-17)27(33)34/h2-8,13-17H,9-12H2,1H3,(H,33,34)(H,29,30,31). The maximum absolute atomic E-state index is 13.4. The van der Waals surface area contributed by atoms with Gasteiger partial charge in [0.05, 0.1) is 12.8 Å². The summed E-state index contributed by atoms with van der Waals surface area (Å²) in [6.07, 6.45) is 2.35.